The van der Waals surface area contributed by atoms with Crippen LogP contribution in [0.3, 0.4) is 0 Å². The van der Waals surface area contributed by atoms with E-state index in [1.54, 1.807) is 37.6 Å². The van der Waals surface area contributed by atoms with E-state index in [9.17, 15) is 4.79 Å². The minimum atomic E-state index is -0.543. The van der Waals surface area contributed by atoms with Gasteiger partial charge in [0.1, 0.15) is 12.4 Å². The average Bonchev–Trinajstić information content (AvgIpc) is 2.57. The van der Waals surface area contributed by atoms with E-state index in [2.05, 4.69) is 10.1 Å². The molecule has 0 radical (unpaired) electrons. The molecule has 0 fully saturated rings. The molecule has 0 aliphatic carbocycles. The van der Waals surface area contributed by atoms with Gasteiger partial charge in [-0.1, -0.05) is 16.8 Å². The van der Waals surface area contributed by atoms with Gasteiger partial charge in [-0.2, -0.15) is 0 Å². The summed E-state index contributed by atoms with van der Waals surface area (Å²) in [4.78, 5) is 20.4. The van der Waals surface area contributed by atoms with Crippen molar-refractivity contribution in [1.29, 1.82) is 0 Å². The molecule has 0 bridgehead atoms. The van der Waals surface area contributed by atoms with Crippen LogP contribution in [0.1, 0.15) is 11.3 Å². The number of nitrogens with zero attached hydrogens (tertiary/aromatic N) is 2. The number of hydrogen-bond acceptors (Lipinski definition) is 6. The largest absolute Gasteiger partial charge is 0.497 e. The van der Waals surface area contributed by atoms with Crippen LogP contribution in [-0.4, -0.2) is 30.9 Å². The first kappa shape index (κ1) is 16.8. The van der Waals surface area contributed by atoms with Gasteiger partial charge in [-0.3, -0.25) is 4.98 Å². The first-order valence-corrected chi connectivity index (χ1v) is 7.10. The summed E-state index contributed by atoms with van der Waals surface area (Å²) in [7, 11) is 1.59. The molecule has 7 heteroatoms. The quantitative estimate of drug-likeness (QED) is 0.442. The van der Waals surface area contributed by atoms with Crippen LogP contribution < -0.4 is 4.74 Å². The Balaban J connectivity index is 1.70. The Kier molecular flexibility index (Phi) is 6.38. The summed E-state index contributed by atoms with van der Waals surface area (Å²) in [6.45, 7) is -0.252. The molecule has 0 N–H and O–H groups in total. The first-order chi connectivity index (χ1) is 11.2. The van der Waals surface area contributed by atoms with Gasteiger partial charge in [-0.25, -0.2) is 4.79 Å². The number of hydrogen-bond donors (Lipinski definition) is 0. The van der Waals surface area contributed by atoms with Gasteiger partial charge in [-0.05, 0) is 42.0 Å². The molecular formula is C16H15ClN2O4. The Labute approximate surface area is 138 Å². The van der Waals surface area contributed by atoms with E-state index in [1.807, 2.05) is 12.1 Å². The van der Waals surface area contributed by atoms with Crippen molar-refractivity contribution in [3.05, 3.63) is 58.9 Å². The Morgan fingerprint density at radius 1 is 1.30 bits per heavy atom. The van der Waals surface area contributed by atoms with Crippen molar-refractivity contribution in [3.8, 4) is 5.75 Å². The van der Waals surface area contributed by atoms with Crippen molar-refractivity contribution in [2.24, 2.45) is 5.16 Å². The van der Waals surface area contributed by atoms with Crippen molar-refractivity contribution in [1.82, 2.24) is 4.98 Å². The maximum atomic E-state index is 11.5. The zero-order chi connectivity index (χ0) is 16.5. The summed E-state index contributed by atoms with van der Waals surface area (Å²) in [5.41, 5.74) is 1.38. The number of carbonyl (C=O) groups excluding carboxylic acids is 1. The Morgan fingerprint density at radius 2 is 2.09 bits per heavy atom. The van der Waals surface area contributed by atoms with Crippen molar-refractivity contribution in [3.63, 3.8) is 0 Å². The normalized spacial score (nSPS) is 10.5. The average molecular weight is 335 g/mol. The van der Waals surface area contributed by atoms with E-state index < -0.39 is 5.97 Å². The number of methoxy groups -OCH3 is 1. The van der Waals surface area contributed by atoms with Crippen LogP contribution in [0, 0.1) is 0 Å². The van der Waals surface area contributed by atoms with Crippen LogP contribution in [0.5, 0.6) is 5.75 Å². The zero-order valence-electron chi connectivity index (χ0n) is 12.4. The molecule has 2 rings (SSSR count). The molecule has 0 unspecified atom stereocenters. The molecule has 0 aliphatic heterocycles. The van der Waals surface area contributed by atoms with Crippen LogP contribution >= 0.6 is 11.6 Å². The fourth-order valence-electron chi connectivity index (χ4n) is 1.60. The van der Waals surface area contributed by atoms with Gasteiger partial charge in [-0.15, -0.1) is 0 Å². The highest BCUT2D eigenvalue weighted by Gasteiger charge is 2.04. The van der Waals surface area contributed by atoms with E-state index >= 15 is 0 Å². The molecule has 1 heterocycles. The molecule has 0 saturated heterocycles. The molecule has 0 spiro atoms. The summed E-state index contributed by atoms with van der Waals surface area (Å²) in [6, 6.07) is 10.5. The fourth-order valence-corrected chi connectivity index (χ4v) is 1.78. The van der Waals surface area contributed by atoms with Crippen molar-refractivity contribution in [2.45, 2.75) is 6.61 Å². The smallest absolute Gasteiger partial charge is 0.347 e. The Morgan fingerprint density at radius 3 is 2.78 bits per heavy atom. The van der Waals surface area contributed by atoms with Crippen LogP contribution in [-0.2, 0) is 21.0 Å². The molecule has 0 amide bonds. The number of pyridine rings is 1. The molecule has 0 atom stereocenters. The molecule has 0 saturated carbocycles. The van der Waals surface area contributed by atoms with Gasteiger partial charge in [0.25, 0.3) is 0 Å². The standard InChI is InChI=1S/C16H15ClN2O4/c1-21-15-4-2-12(3-5-15)9-19-23-11-16(20)22-10-14-8-13(17)6-7-18-14/h2-9H,10-11H2,1H3/b19-9+. The van der Waals surface area contributed by atoms with Crippen LogP contribution in [0.2, 0.25) is 5.02 Å². The van der Waals surface area contributed by atoms with Gasteiger partial charge < -0.3 is 14.3 Å². The van der Waals surface area contributed by atoms with Crippen LogP contribution in [0.15, 0.2) is 47.8 Å². The van der Waals surface area contributed by atoms with E-state index in [0.29, 0.717) is 10.7 Å². The van der Waals surface area contributed by atoms with E-state index in [-0.39, 0.29) is 13.2 Å². The SMILES string of the molecule is COc1ccc(/C=N/OCC(=O)OCc2cc(Cl)ccn2)cc1. The molecule has 1 aromatic heterocycles. The predicted molar refractivity (Wildman–Crippen MR) is 85.6 cm³/mol. The summed E-state index contributed by atoms with van der Waals surface area (Å²) in [5, 5.41) is 4.24. The van der Waals surface area contributed by atoms with E-state index in [4.69, 9.17) is 25.9 Å². The first-order valence-electron chi connectivity index (χ1n) is 6.73. The zero-order valence-corrected chi connectivity index (χ0v) is 13.2. The third kappa shape index (κ3) is 5.96. The number of benzene rings is 1. The Bertz CT molecular complexity index is 674. The topological polar surface area (TPSA) is 70.0 Å². The number of aromatic nitrogens is 1. The Hall–Kier alpha value is -2.60. The number of ether oxygens (including phenoxy) is 2. The number of oxime groups is 1. The summed E-state index contributed by atoms with van der Waals surface area (Å²) in [5.74, 6) is 0.208. The van der Waals surface area contributed by atoms with Gasteiger partial charge >= 0.3 is 5.97 Å². The molecule has 120 valence electrons. The van der Waals surface area contributed by atoms with E-state index in [0.717, 1.165) is 11.3 Å². The summed E-state index contributed by atoms with van der Waals surface area (Å²) >= 11 is 5.81. The highest BCUT2D eigenvalue weighted by atomic mass is 35.5. The molecule has 0 aliphatic rings. The van der Waals surface area contributed by atoms with E-state index in [1.165, 1.54) is 6.21 Å². The number of halogens is 1. The number of rotatable bonds is 7. The van der Waals surface area contributed by atoms with Crippen LogP contribution in [0.25, 0.3) is 0 Å². The lowest BCUT2D eigenvalue weighted by Gasteiger charge is -2.03. The van der Waals surface area contributed by atoms with Crippen LogP contribution in [0.4, 0.5) is 0 Å². The van der Waals surface area contributed by atoms with Crippen molar-refractivity contribution in [2.75, 3.05) is 13.7 Å². The summed E-state index contributed by atoms with van der Waals surface area (Å²) in [6.07, 6.45) is 3.03. The number of esters is 1. The molecule has 2 aromatic rings. The monoisotopic (exact) mass is 334 g/mol. The summed E-state index contributed by atoms with van der Waals surface area (Å²) < 4.78 is 10.0. The molecule has 1 aromatic carbocycles. The molecule has 23 heavy (non-hydrogen) atoms. The minimum Gasteiger partial charge on any atom is -0.497 e. The number of carbonyl (C=O) groups is 1. The maximum absolute atomic E-state index is 11.5. The second-order valence-electron chi connectivity index (χ2n) is 4.41. The lowest BCUT2D eigenvalue weighted by molar-refractivity contribution is -0.150. The highest BCUT2D eigenvalue weighted by Crippen LogP contribution is 2.10. The van der Waals surface area contributed by atoms with Gasteiger partial charge in [0, 0.05) is 11.2 Å². The van der Waals surface area contributed by atoms with Gasteiger partial charge in [0.2, 0.25) is 6.61 Å². The molecular weight excluding hydrogens is 320 g/mol. The minimum absolute atomic E-state index is 0.0327. The third-order valence-corrected chi connectivity index (χ3v) is 2.97. The lowest BCUT2D eigenvalue weighted by atomic mass is 10.2. The fraction of sp³-hybridized carbons (Fsp3) is 0.188. The lowest BCUT2D eigenvalue weighted by Crippen LogP contribution is -2.11. The highest BCUT2D eigenvalue weighted by molar-refractivity contribution is 6.30. The van der Waals surface area contributed by atoms with Gasteiger partial charge in [0.05, 0.1) is 19.0 Å². The second-order valence-corrected chi connectivity index (χ2v) is 4.84. The van der Waals surface area contributed by atoms with Crippen molar-refractivity contribution < 1.29 is 19.1 Å². The maximum Gasteiger partial charge on any atom is 0.347 e. The van der Waals surface area contributed by atoms with Crippen molar-refractivity contribution >= 4 is 23.8 Å². The molecule has 6 nitrogen and oxygen atoms in total. The predicted octanol–water partition coefficient (Wildman–Crippen LogP) is 2.84. The second kappa shape index (κ2) is 8.75. The third-order valence-electron chi connectivity index (χ3n) is 2.73. The van der Waals surface area contributed by atoms with Gasteiger partial charge in [0.15, 0.2) is 0 Å².